The molecular formula is C16H16N2O2. The molecule has 0 fully saturated rings. The molecular weight excluding hydrogens is 252 g/mol. The molecule has 102 valence electrons. The predicted molar refractivity (Wildman–Crippen MR) is 80.0 cm³/mol. The molecule has 2 aromatic rings. The van der Waals surface area contributed by atoms with Crippen molar-refractivity contribution in [2.75, 3.05) is 10.6 Å². The van der Waals surface area contributed by atoms with E-state index in [0.717, 1.165) is 18.2 Å². The lowest BCUT2D eigenvalue weighted by atomic mass is 10.0. The van der Waals surface area contributed by atoms with Crippen LogP contribution in [0.15, 0.2) is 24.3 Å². The number of carbonyl (C=O) groups excluding carboxylic acids is 2. The van der Waals surface area contributed by atoms with Crippen LogP contribution in [0.2, 0.25) is 0 Å². The van der Waals surface area contributed by atoms with Gasteiger partial charge in [-0.2, -0.15) is 0 Å². The normalized spacial score (nSPS) is 12.5. The zero-order chi connectivity index (χ0) is 14.3. The molecule has 4 heteroatoms. The van der Waals surface area contributed by atoms with E-state index in [1.165, 1.54) is 30.4 Å². The molecule has 0 bridgehead atoms. The summed E-state index contributed by atoms with van der Waals surface area (Å²) in [7, 11) is 0. The molecule has 0 aliphatic heterocycles. The smallest absolute Gasteiger partial charge is 0.221 e. The Morgan fingerprint density at radius 3 is 2.40 bits per heavy atom. The predicted octanol–water partition coefficient (Wildman–Crippen LogP) is 2.86. The van der Waals surface area contributed by atoms with Gasteiger partial charge in [0.1, 0.15) is 0 Å². The third kappa shape index (κ3) is 2.03. The molecule has 0 radical (unpaired) electrons. The molecule has 3 rings (SSSR count). The van der Waals surface area contributed by atoms with Crippen LogP contribution in [0.1, 0.15) is 25.0 Å². The monoisotopic (exact) mass is 268 g/mol. The number of hydrogen-bond donors (Lipinski definition) is 2. The van der Waals surface area contributed by atoms with Crippen molar-refractivity contribution < 1.29 is 9.59 Å². The number of anilines is 2. The number of carbonyl (C=O) groups is 2. The second-order valence-corrected chi connectivity index (χ2v) is 5.16. The van der Waals surface area contributed by atoms with E-state index >= 15 is 0 Å². The molecule has 2 amide bonds. The zero-order valence-corrected chi connectivity index (χ0v) is 11.5. The fourth-order valence-electron chi connectivity index (χ4n) is 2.93. The van der Waals surface area contributed by atoms with Crippen molar-refractivity contribution >= 4 is 34.0 Å². The van der Waals surface area contributed by atoms with Gasteiger partial charge in [-0.3, -0.25) is 9.59 Å². The van der Waals surface area contributed by atoms with Crippen LogP contribution in [-0.2, 0) is 22.4 Å². The summed E-state index contributed by atoms with van der Waals surface area (Å²) in [5, 5.41) is 7.88. The molecule has 0 unspecified atom stereocenters. The first kappa shape index (κ1) is 12.7. The minimum absolute atomic E-state index is 0.141. The van der Waals surface area contributed by atoms with Crippen molar-refractivity contribution in [3.63, 3.8) is 0 Å². The number of hydrogen-bond acceptors (Lipinski definition) is 2. The second-order valence-electron chi connectivity index (χ2n) is 5.16. The largest absolute Gasteiger partial charge is 0.325 e. The van der Waals surface area contributed by atoms with Crippen LogP contribution in [0.25, 0.3) is 10.8 Å². The fraction of sp³-hybridized carbons (Fsp3) is 0.250. The lowest BCUT2D eigenvalue weighted by Crippen LogP contribution is -2.13. The Balaban J connectivity index is 2.29. The van der Waals surface area contributed by atoms with Gasteiger partial charge in [0, 0.05) is 19.2 Å². The number of aryl methyl sites for hydroxylation is 2. The van der Waals surface area contributed by atoms with E-state index in [1.807, 2.05) is 18.2 Å². The summed E-state index contributed by atoms with van der Waals surface area (Å²) in [4.78, 5) is 22.8. The van der Waals surface area contributed by atoms with E-state index in [9.17, 15) is 9.59 Å². The summed E-state index contributed by atoms with van der Waals surface area (Å²) in [5.41, 5.74) is 3.90. The highest BCUT2D eigenvalue weighted by atomic mass is 16.2. The van der Waals surface area contributed by atoms with Crippen LogP contribution in [-0.4, -0.2) is 11.8 Å². The van der Waals surface area contributed by atoms with Crippen molar-refractivity contribution in [1.29, 1.82) is 0 Å². The SMILES string of the molecule is CC(=O)Nc1cc2c3c(cccc3c1NC(C)=O)CC2. The maximum Gasteiger partial charge on any atom is 0.221 e. The molecule has 2 N–H and O–H groups in total. The topological polar surface area (TPSA) is 58.2 Å². The summed E-state index contributed by atoms with van der Waals surface area (Å²) in [6, 6.07) is 8.08. The third-order valence-electron chi connectivity index (χ3n) is 3.60. The van der Waals surface area contributed by atoms with E-state index in [0.29, 0.717) is 11.4 Å². The maximum absolute atomic E-state index is 11.5. The van der Waals surface area contributed by atoms with Crippen LogP contribution in [0, 0.1) is 0 Å². The first-order valence-corrected chi connectivity index (χ1v) is 6.69. The van der Waals surface area contributed by atoms with Gasteiger partial charge in [0.05, 0.1) is 11.4 Å². The van der Waals surface area contributed by atoms with E-state index in [2.05, 4.69) is 16.7 Å². The summed E-state index contributed by atoms with van der Waals surface area (Å²) >= 11 is 0. The molecule has 0 spiro atoms. The van der Waals surface area contributed by atoms with Crippen LogP contribution in [0.3, 0.4) is 0 Å². The molecule has 1 aliphatic rings. The highest BCUT2D eigenvalue weighted by molar-refractivity contribution is 6.11. The Morgan fingerprint density at radius 1 is 1.00 bits per heavy atom. The van der Waals surface area contributed by atoms with Crippen molar-refractivity contribution in [2.45, 2.75) is 26.7 Å². The van der Waals surface area contributed by atoms with Gasteiger partial charge < -0.3 is 10.6 Å². The van der Waals surface area contributed by atoms with Crippen molar-refractivity contribution in [2.24, 2.45) is 0 Å². The van der Waals surface area contributed by atoms with Crippen molar-refractivity contribution in [3.8, 4) is 0 Å². The molecule has 0 aromatic heterocycles. The van der Waals surface area contributed by atoms with Gasteiger partial charge in [0.25, 0.3) is 0 Å². The van der Waals surface area contributed by atoms with Crippen LogP contribution < -0.4 is 10.6 Å². The molecule has 0 saturated heterocycles. The van der Waals surface area contributed by atoms with Crippen molar-refractivity contribution in [3.05, 3.63) is 35.4 Å². The van der Waals surface area contributed by atoms with Crippen molar-refractivity contribution in [1.82, 2.24) is 0 Å². The summed E-state index contributed by atoms with van der Waals surface area (Å²) in [5.74, 6) is -0.285. The standard InChI is InChI=1S/C16H16N2O2/c1-9(19)17-14-8-12-7-6-11-4-3-5-13(15(11)12)16(14)18-10(2)20/h3-5,8H,6-7H2,1-2H3,(H,17,19)(H,18,20). The van der Waals surface area contributed by atoms with Gasteiger partial charge in [0.2, 0.25) is 11.8 Å². The minimum atomic E-state index is -0.143. The lowest BCUT2D eigenvalue weighted by Gasteiger charge is -2.15. The van der Waals surface area contributed by atoms with Gasteiger partial charge >= 0.3 is 0 Å². The van der Waals surface area contributed by atoms with Crippen LogP contribution in [0.4, 0.5) is 11.4 Å². The Bertz CT molecular complexity index is 735. The summed E-state index contributed by atoms with van der Waals surface area (Å²) < 4.78 is 0. The Labute approximate surface area is 117 Å². The molecule has 0 heterocycles. The molecule has 0 atom stereocenters. The highest BCUT2D eigenvalue weighted by Crippen LogP contribution is 2.40. The average Bonchev–Trinajstić information content (AvgIpc) is 2.77. The first-order valence-electron chi connectivity index (χ1n) is 6.69. The van der Waals surface area contributed by atoms with Gasteiger partial charge in [-0.15, -0.1) is 0 Å². The van der Waals surface area contributed by atoms with E-state index in [-0.39, 0.29) is 11.8 Å². The highest BCUT2D eigenvalue weighted by Gasteiger charge is 2.20. The maximum atomic E-state index is 11.5. The van der Waals surface area contributed by atoms with Gasteiger partial charge in [0.15, 0.2) is 0 Å². The zero-order valence-electron chi connectivity index (χ0n) is 11.5. The number of benzene rings is 2. The summed E-state index contributed by atoms with van der Waals surface area (Å²) in [6.07, 6.45) is 1.98. The van der Waals surface area contributed by atoms with Gasteiger partial charge in [-0.25, -0.2) is 0 Å². The number of amides is 2. The van der Waals surface area contributed by atoms with Crippen LogP contribution >= 0.6 is 0 Å². The van der Waals surface area contributed by atoms with E-state index in [4.69, 9.17) is 0 Å². The average molecular weight is 268 g/mol. The number of nitrogens with one attached hydrogen (secondary N) is 2. The number of rotatable bonds is 2. The summed E-state index contributed by atoms with van der Waals surface area (Å²) in [6.45, 7) is 2.94. The quantitative estimate of drug-likeness (QED) is 0.880. The molecule has 20 heavy (non-hydrogen) atoms. The van der Waals surface area contributed by atoms with Crippen LogP contribution in [0.5, 0.6) is 0 Å². The minimum Gasteiger partial charge on any atom is -0.325 e. The third-order valence-corrected chi connectivity index (χ3v) is 3.60. The van der Waals surface area contributed by atoms with Gasteiger partial charge in [-0.05, 0) is 35.4 Å². The Kier molecular flexibility index (Phi) is 2.93. The molecule has 2 aromatic carbocycles. The lowest BCUT2D eigenvalue weighted by molar-refractivity contribution is -0.115. The first-order chi connectivity index (χ1) is 9.56. The molecule has 1 aliphatic carbocycles. The molecule has 0 saturated carbocycles. The van der Waals surface area contributed by atoms with E-state index in [1.54, 1.807) is 0 Å². The molecule has 4 nitrogen and oxygen atoms in total. The van der Waals surface area contributed by atoms with E-state index < -0.39 is 0 Å². The Morgan fingerprint density at radius 2 is 1.70 bits per heavy atom. The van der Waals surface area contributed by atoms with Gasteiger partial charge in [-0.1, -0.05) is 18.2 Å². The second kappa shape index (κ2) is 4.63. The Hall–Kier alpha value is -2.36. The fourth-order valence-corrected chi connectivity index (χ4v) is 2.93.